The molecule has 7 heteroatoms. The van der Waals surface area contributed by atoms with Crippen LogP contribution in [-0.4, -0.2) is 78.1 Å². The van der Waals surface area contributed by atoms with Crippen LogP contribution in [0.15, 0.2) is 47.7 Å². The summed E-state index contributed by atoms with van der Waals surface area (Å²) in [4.78, 5) is 20.4. The Labute approximate surface area is 173 Å². The second-order valence-corrected chi connectivity index (χ2v) is 7.79. The third-order valence-corrected chi connectivity index (χ3v) is 5.97. The predicted molar refractivity (Wildman–Crippen MR) is 117 cm³/mol. The molecule has 2 aliphatic rings. The van der Waals surface area contributed by atoms with Gasteiger partial charge in [-0.3, -0.25) is 9.89 Å². The normalized spacial score (nSPS) is 19.0. The van der Waals surface area contributed by atoms with Crippen molar-refractivity contribution in [1.29, 1.82) is 0 Å². The van der Waals surface area contributed by atoms with E-state index in [0.29, 0.717) is 6.04 Å². The lowest BCUT2D eigenvalue weighted by molar-refractivity contribution is 0.190. The molecule has 3 heterocycles. The first-order chi connectivity index (χ1) is 14.2. The Morgan fingerprint density at radius 3 is 2.48 bits per heavy atom. The summed E-state index contributed by atoms with van der Waals surface area (Å²) in [7, 11) is 1.87. The molecule has 4 rings (SSSR count). The lowest BCUT2D eigenvalue weighted by Gasteiger charge is -2.38. The van der Waals surface area contributed by atoms with Crippen LogP contribution in [0.2, 0.25) is 0 Å². The van der Waals surface area contributed by atoms with Crippen molar-refractivity contribution >= 4 is 11.9 Å². The number of benzene rings is 1. The molecule has 7 nitrogen and oxygen atoms in total. The highest BCUT2D eigenvalue weighted by molar-refractivity contribution is 5.80. The van der Waals surface area contributed by atoms with Crippen LogP contribution in [0.25, 0.3) is 0 Å². The van der Waals surface area contributed by atoms with E-state index in [4.69, 9.17) is 0 Å². The van der Waals surface area contributed by atoms with Gasteiger partial charge in [0.2, 0.25) is 5.95 Å². The Hall–Kier alpha value is -2.67. The highest BCUT2D eigenvalue weighted by Gasteiger charge is 2.23. The van der Waals surface area contributed by atoms with Gasteiger partial charge in [0.05, 0.1) is 0 Å². The van der Waals surface area contributed by atoms with Gasteiger partial charge in [-0.15, -0.1) is 0 Å². The van der Waals surface area contributed by atoms with Crippen molar-refractivity contribution < 1.29 is 0 Å². The van der Waals surface area contributed by atoms with E-state index in [1.165, 1.54) is 11.1 Å². The van der Waals surface area contributed by atoms with Crippen molar-refractivity contribution in [3.05, 3.63) is 53.9 Å². The molecule has 0 aliphatic carbocycles. The largest absolute Gasteiger partial charge is 0.355 e. The summed E-state index contributed by atoms with van der Waals surface area (Å²) in [5.41, 5.74) is 2.97. The Kier molecular flexibility index (Phi) is 6.24. The maximum absolute atomic E-state index is 4.53. The fourth-order valence-corrected chi connectivity index (χ4v) is 4.17. The summed E-state index contributed by atoms with van der Waals surface area (Å²) >= 11 is 0. The summed E-state index contributed by atoms with van der Waals surface area (Å²) in [5, 5.41) is 3.60. The van der Waals surface area contributed by atoms with E-state index < -0.39 is 0 Å². The quantitative estimate of drug-likeness (QED) is 0.629. The maximum Gasteiger partial charge on any atom is 0.225 e. The molecule has 29 heavy (non-hydrogen) atoms. The standard InChI is InChI=1S/C22H31N7/c1-18(29-11-8-19-6-3-4-7-20(19)17-29)16-26-21(23-2)27-12-14-28(15-13-27)22-24-9-5-10-25-22/h3-7,9-10,18H,8,11-17H2,1-2H3,(H,23,26). The van der Waals surface area contributed by atoms with Crippen LogP contribution in [0.4, 0.5) is 5.95 Å². The molecular formula is C22H31N7. The van der Waals surface area contributed by atoms with E-state index in [0.717, 1.165) is 64.1 Å². The number of nitrogens with one attached hydrogen (secondary N) is 1. The van der Waals surface area contributed by atoms with Crippen molar-refractivity contribution in [1.82, 2.24) is 25.1 Å². The molecule has 2 aromatic rings. The van der Waals surface area contributed by atoms with Gasteiger partial charge in [-0.2, -0.15) is 0 Å². The summed E-state index contributed by atoms with van der Waals surface area (Å²) in [6.07, 6.45) is 4.74. The predicted octanol–water partition coefficient (Wildman–Crippen LogP) is 1.62. The van der Waals surface area contributed by atoms with E-state index in [9.17, 15) is 0 Å². The SMILES string of the molecule is CN=C(NCC(C)N1CCc2ccccc2C1)N1CCN(c2ncccn2)CC1. The van der Waals surface area contributed by atoms with Crippen molar-refractivity contribution in [2.24, 2.45) is 4.99 Å². The number of hydrogen-bond donors (Lipinski definition) is 1. The molecule has 1 fully saturated rings. The van der Waals surface area contributed by atoms with E-state index in [1.54, 1.807) is 12.4 Å². The first-order valence-corrected chi connectivity index (χ1v) is 10.5. The fourth-order valence-electron chi connectivity index (χ4n) is 4.17. The molecule has 0 amide bonds. The fraction of sp³-hybridized carbons (Fsp3) is 0.500. The van der Waals surface area contributed by atoms with Crippen LogP contribution < -0.4 is 10.2 Å². The number of nitrogens with zero attached hydrogens (tertiary/aromatic N) is 6. The van der Waals surface area contributed by atoms with Crippen LogP contribution in [-0.2, 0) is 13.0 Å². The van der Waals surface area contributed by atoms with E-state index in [1.807, 2.05) is 13.1 Å². The molecule has 154 valence electrons. The van der Waals surface area contributed by atoms with Gasteiger partial charge in [-0.25, -0.2) is 9.97 Å². The average Bonchev–Trinajstić information content (AvgIpc) is 2.80. The zero-order chi connectivity index (χ0) is 20.1. The molecule has 1 saturated heterocycles. The molecule has 0 bridgehead atoms. The van der Waals surface area contributed by atoms with Gasteiger partial charge in [0.1, 0.15) is 0 Å². The van der Waals surface area contributed by atoms with Gasteiger partial charge in [0.15, 0.2) is 5.96 Å². The highest BCUT2D eigenvalue weighted by Crippen LogP contribution is 2.20. The topological polar surface area (TPSA) is 59.9 Å². The summed E-state index contributed by atoms with van der Waals surface area (Å²) in [5.74, 6) is 1.80. The Morgan fingerprint density at radius 2 is 1.76 bits per heavy atom. The lowest BCUT2D eigenvalue weighted by Crippen LogP contribution is -2.54. The molecular weight excluding hydrogens is 362 g/mol. The average molecular weight is 394 g/mol. The van der Waals surface area contributed by atoms with E-state index >= 15 is 0 Å². The molecule has 1 aromatic carbocycles. The first kappa shape index (κ1) is 19.6. The zero-order valence-corrected chi connectivity index (χ0v) is 17.5. The number of rotatable bonds is 4. The molecule has 1 unspecified atom stereocenters. The van der Waals surface area contributed by atoms with Crippen molar-refractivity contribution in [3.63, 3.8) is 0 Å². The van der Waals surface area contributed by atoms with Crippen LogP contribution in [0.3, 0.4) is 0 Å². The van der Waals surface area contributed by atoms with Gasteiger partial charge in [0, 0.05) is 71.3 Å². The number of guanidine groups is 1. The second-order valence-electron chi connectivity index (χ2n) is 7.79. The van der Waals surface area contributed by atoms with Crippen LogP contribution in [0, 0.1) is 0 Å². The Balaban J connectivity index is 1.27. The lowest BCUT2D eigenvalue weighted by atomic mass is 9.99. The van der Waals surface area contributed by atoms with Gasteiger partial charge in [-0.05, 0) is 30.5 Å². The van der Waals surface area contributed by atoms with E-state index in [2.05, 4.69) is 66.2 Å². The molecule has 1 atom stereocenters. The van der Waals surface area contributed by atoms with Crippen molar-refractivity contribution in [2.75, 3.05) is 51.2 Å². The number of hydrogen-bond acceptors (Lipinski definition) is 5. The second kappa shape index (κ2) is 9.22. The number of aliphatic imine (C=N–C) groups is 1. The maximum atomic E-state index is 4.53. The number of anilines is 1. The minimum absolute atomic E-state index is 0.458. The molecule has 0 spiro atoms. The molecule has 2 aliphatic heterocycles. The third-order valence-electron chi connectivity index (χ3n) is 5.97. The smallest absolute Gasteiger partial charge is 0.225 e. The summed E-state index contributed by atoms with van der Waals surface area (Å²) in [6.45, 7) is 9.01. The third kappa shape index (κ3) is 4.67. The Morgan fingerprint density at radius 1 is 1.03 bits per heavy atom. The molecule has 0 radical (unpaired) electrons. The van der Waals surface area contributed by atoms with Gasteiger partial charge < -0.3 is 15.1 Å². The number of fused-ring (bicyclic) bond motifs is 1. The van der Waals surface area contributed by atoms with Gasteiger partial charge in [0.25, 0.3) is 0 Å². The van der Waals surface area contributed by atoms with Crippen molar-refractivity contribution in [2.45, 2.75) is 25.9 Å². The Bertz CT molecular complexity index is 815. The highest BCUT2D eigenvalue weighted by atomic mass is 15.4. The summed E-state index contributed by atoms with van der Waals surface area (Å²) in [6, 6.07) is 11.1. The van der Waals surface area contributed by atoms with Gasteiger partial charge in [-0.1, -0.05) is 24.3 Å². The molecule has 0 saturated carbocycles. The molecule has 1 aromatic heterocycles. The van der Waals surface area contributed by atoms with Crippen LogP contribution >= 0.6 is 0 Å². The van der Waals surface area contributed by atoms with Crippen LogP contribution in [0.1, 0.15) is 18.1 Å². The van der Waals surface area contributed by atoms with E-state index in [-0.39, 0.29) is 0 Å². The monoisotopic (exact) mass is 393 g/mol. The van der Waals surface area contributed by atoms with Crippen LogP contribution in [0.5, 0.6) is 0 Å². The molecule has 1 N–H and O–H groups in total. The van der Waals surface area contributed by atoms with Crippen molar-refractivity contribution in [3.8, 4) is 0 Å². The first-order valence-electron chi connectivity index (χ1n) is 10.5. The zero-order valence-electron chi connectivity index (χ0n) is 17.5. The minimum atomic E-state index is 0.458. The number of piperazine rings is 1. The number of aromatic nitrogens is 2. The minimum Gasteiger partial charge on any atom is -0.355 e. The summed E-state index contributed by atoms with van der Waals surface area (Å²) < 4.78 is 0. The van der Waals surface area contributed by atoms with Gasteiger partial charge >= 0.3 is 0 Å².